The van der Waals surface area contributed by atoms with E-state index in [4.69, 9.17) is 4.74 Å². The molecule has 0 bridgehead atoms. The molecule has 2 rings (SSSR count). The Labute approximate surface area is 102 Å². The van der Waals surface area contributed by atoms with Crippen molar-refractivity contribution < 1.29 is 18.3 Å². The lowest BCUT2D eigenvalue weighted by atomic mass is 10.2. The molecule has 1 aromatic carbocycles. The van der Waals surface area contributed by atoms with Crippen LogP contribution in [0.2, 0.25) is 0 Å². The molecule has 1 aliphatic heterocycles. The smallest absolute Gasteiger partial charge is 0.288 e. The van der Waals surface area contributed by atoms with Crippen molar-refractivity contribution in [3.05, 3.63) is 24.3 Å². The van der Waals surface area contributed by atoms with E-state index in [-0.39, 0.29) is 12.5 Å². The molecule has 0 atom stereocenters. The molecule has 0 aliphatic carbocycles. The minimum atomic E-state index is -2.45. The van der Waals surface area contributed by atoms with E-state index in [1.54, 1.807) is 29.2 Å². The molecule has 1 aromatic rings. The van der Waals surface area contributed by atoms with Crippen LogP contribution in [0.3, 0.4) is 0 Å². The highest BCUT2D eigenvalue weighted by atomic mass is 32.2. The molecule has 0 unspecified atom stereocenters. The Morgan fingerprint density at radius 3 is 2.94 bits per heavy atom. The largest absolute Gasteiger partial charge is 0.370 e. The van der Waals surface area contributed by atoms with Gasteiger partial charge in [0.05, 0.1) is 6.61 Å². The van der Waals surface area contributed by atoms with Crippen molar-refractivity contribution in [3.63, 3.8) is 0 Å². The van der Waals surface area contributed by atoms with Crippen molar-refractivity contribution in [1.29, 1.82) is 0 Å². The molecule has 0 spiro atoms. The maximum atomic E-state index is 12.2. The number of hydrogen-bond acceptors (Lipinski definition) is 3. The van der Waals surface area contributed by atoms with E-state index in [9.17, 15) is 13.6 Å². The Kier molecular flexibility index (Phi) is 3.96. The molecular formula is C11H11F2NO2S. The number of thioether (sulfide) groups is 1. The van der Waals surface area contributed by atoms with Gasteiger partial charge in [-0.15, -0.1) is 0 Å². The molecule has 1 aliphatic rings. The fourth-order valence-corrected chi connectivity index (χ4v) is 2.17. The third-order valence-corrected chi connectivity index (χ3v) is 3.04. The summed E-state index contributed by atoms with van der Waals surface area (Å²) in [6.07, 6.45) is 0. The maximum Gasteiger partial charge on any atom is 0.288 e. The first kappa shape index (κ1) is 12.3. The number of rotatable bonds is 3. The van der Waals surface area contributed by atoms with Crippen LogP contribution >= 0.6 is 11.8 Å². The third kappa shape index (κ3) is 3.17. The standard InChI is InChI=1S/C11H11F2NO2S/c12-11(13)17-9-3-1-2-8(6-9)14-4-5-16-7-10(14)15/h1-3,6,11H,4-5,7H2. The van der Waals surface area contributed by atoms with E-state index >= 15 is 0 Å². The van der Waals surface area contributed by atoms with Gasteiger partial charge >= 0.3 is 0 Å². The maximum absolute atomic E-state index is 12.2. The van der Waals surface area contributed by atoms with E-state index in [1.807, 2.05) is 0 Å². The van der Waals surface area contributed by atoms with Crippen LogP contribution in [0.1, 0.15) is 0 Å². The van der Waals surface area contributed by atoms with E-state index in [2.05, 4.69) is 0 Å². The van der Waals surface area contributed by atoms with E-state index in [0.717, 1.165) is 0 Å². The summed E-state index contributed by atoms with van der Waals surface area (Å²) in [4.78, 5) is 13.6. The zero-order chi connectivity index (χ0) is 12.3. The van der Waals surface area contributed by atoms with Gasteiger partial charge in [-0.25, -0.2) is 0 Å². The average Bonchev–Trinajstić information content (AvgIpc) is 2.29. The van der Waals surface area contributed by atoms with Gasteiger partial charge in [0.1, 0.15) is 6.61 Å². The van der Waals surface area contributed by atoms with Crippen molar-refractivity contribution in [2.24, 2.45) is 0 Å². The predicted molar refractivity (Wildman–Crippen MR) is 61.5 cm³/mol. The summed E-state index contributed by atoms with van der Waals surface area (Å²) in [6, 6.07) is 6.60. The second-order valence-corrected chi connectivity index (χ2v) is 4.54. The SMILES string of the molecule is O=C1COCCN1c1cccc(SC(F)F)c1. The molecule has 17 heavy (non-hydrogen) atoms. The van der Waals surface area contributed by atoms with Crippen LogP contribution in [0.15, 0.2) is 29.2 Å². The van der Waals surface area contributed by atoms with Crippen molar-refractivity contribution >= 4 is 23.4 Å². The number of halogens is 2. The summed E-state index contributed by atoms with van der Waals surface area (Å²) in [5.74, 6) is -2.60. The first-order chi connectivity index (χ1) is 8.16. The normalized spacial score (nSPS) is 16.6. The number of anilines is 1. The second kappa shape index (κ2) is 5.46. The monoisotopic (exact) mass is 259 g/mol. The lowest BCUT2D eigenvalue weighted by Crippen LogP contribution is -2.41. The Morgan fingerprint density at radius 1 is 1.41 bits per heavy atom. The second-order valence-electron chi connectivity index (χ2n) is 3.47. The molecule has 0 aromatic heterocycles. The first-order valence-corrected chi connectivity index (χ1v) is 5.98. The van der Waals surface area contributed by atoms with Gasteiger partial charge in [0.25, 0.3) is 11.7 Å². The van der Waals surface area contributed by atoms with Crippen LogP contribution in [-0.4, -0.2) is 31.4 Å². The van der Waals surface area contributed by atoms with Crippen LogP contribution in [-0.2, 0) is 9.53 Å². The first-order valence-electron chi connectivity index (χ1n) is 5.10. The molecular weight excluding hydrogens is 248 g/mol. The summed E-state index contributed by atoms with van der Waals surface area (Å²) in [6.45, 7) is 0.978. The van der Waals surface area contributed by atoms with Crippen LogP contribution in [0.5, 0.6) is 0 Å². The molecule has 6 heteroatoms. The average molecular weight is 259 g/mol. The fourth-order valence-electron chi connectivity index (χ4n) is 1.62. The van der Waals surface area contributed by atoms with Crippen LogP contribution in [0.25, 0.3) is 0 Å². The fraction of sp³-hybridized carbons (Fsp3) is 0.364. The van der Waals surface area contributed by atoms with Gasteiger partial charge < -0.3 is 9.64 Å². The summed E-state index contributed by atoms with van der Waals surface area (Å²) in [7, 11) is 0. The lowest BCUT2D eigenvalue weighted by Gasteiger charge is -2.27. The van der Waals surface area contributed by atoms with Gasteiger partial charge in [0.2, 0.25) is 0 Å². The van der Waals surface area contributed by atoms with Gasteiger partial charge in [0.15, 0.2) is 0 Å². The van der Waals surface area contributed by atoms with Crippen molar-refractivity contribution in [3.8, 4) is 0 Å². The topological polar surface area (TPSA) is 29.5 Å². The summed E-state index contributed by atoms with van der Waals surface area (Å²) < 4.78 is 29.5. The quantitative estimate of drug-likeness (QED) is 0.780. The number of ether oxygens (including phenoxy) is 1. The number of carbonyl (C=O) groups excluding carboxylic acids is 1. The molecule has 1 heterocycles. The molecule has 0 radical (unpaired) electrons. The van der Waals surface area contributed by atoms with E-state index < -0.39 is 5.76 Å². The summed E-state index contributed by atoms with van der Waals surface area (Å²) in [5, 5.41) is 0. The summed E-state index contributed by atoms with van der Waals surface area (Å²) in [5.41, 5.74) is 0.643. The van der Waals surface area contributed by atoms with Crippen molar-refractivity contribution in [2.45, 2.75) is 10.7 Å². The van der Waals surface area contributed by atoms with E-state index in [1.165, 1.54) is 0 Å². The van der Waals surface area contributed by atoms with E-state index in [0.29, 0.717) is 35.5 Å². The Morgan fingerprint density at radius 2 is 2.24 bits per heavy atom. The Bertz CT molecular complexity index is 414. The van der Waals surface area contributed by atoms with Gasteiger partial charge in [-0.2, -0.15) is 8.78 Å². The molecule has 92 valence electrons. The highest BCUT2D eigenvalue weighted by Gasteiger charge is 2.20. The Balaban J connectivity index is 2.17. The van der Waals surface area contributed by atoms with Crippen LogP contribution in [0, 0.1) is 0 Å². The molecule has 0 N–H and O–H groups in total. The summed E-state index contributed by atoms with van der Waals surface area (Å²) >= 11 is 0.475. The van der Waals surface area contributed by atoms with Crippen LogP contribution in [0.4, 0.5) is 14.5 Å². The van der Waals surface area contributed by atoms with Gasteiger partial charge in [0, 0.05) is 17.1 Å². The number of amides is 1. The highest BCUT2D eigenvalue weighted by molar-refractivity contribution is 7.99. The number of nitrogens with zero attached hydrogens (tertiary/aromatic N) is 1. The Hall–Kier alpha value is -1.14. The minimum absolute atomic E-state index is 0.0478. The highest BCUT2D eigenvalue weighted by Crippen LogP contribution is 2.28. The molecule has 1 amide bonds. The van der Waals surface area contributed by atoms with Gasteiger partial charge in [-0.1, -0.05) is 17.8 Å². The number of alkyl halides is 2. The number of carbonyl (C=O) groups is 1. The van der Waals surface area contributed by atoms with Gasteiger partial charge in [-0.05, 0) is 18.2 Å². The zero-order valence-electron chi connectivity index (χ0n) is 8.94. The van der Waals surface area contributed by atoms with Crippen molar-refractivity contribution in [1.82, 2.24) is 0 Å². The molecule has 1 fully saturated rings. The van der Waals surface area contributed by atoms with Crippen molar-refractivity contribution in [2.75, 3.05) is 24.7 Å². The van der Waals surface area contributed by atoms with Crippen LogP contribution < -0.4 is 4.90 Å². The third-order valence-electron chi connectivity index (χ3n) is 2.34. The number of benzene rings is 1. The molecule has 1 saturated heterocycles. The lowest BCUT2D eigenvalue weighted by molar-refractivity contribution is -0.125. The number of morpholine rings is 1. The zero-order valence-corrected chi connectivity index (χ0v) is 9.75. The molecule has 0 saturated carbocycles. The molecule has 3 nitrogen and oxygen atoms in total. The van der Waals surface area contributed by atoms with Gasteiger partial charge in [-0.3, -0.25) is 4.79 Å². The predicted octanol–water partition coefficient (Wildman–Crippen LogP) is 2.36. The minimum Gasteiger partial charge on any atom is -0.370 e. The number of hydrogen-bond donors (Lipinski definition) is 0.